The van der Waals surface area contributed by atoms with Crippen molar-refractivity contribution in [2.45, 2.75) is 72.1 Å². The summed E-state index contributed by atoms with van der Waals surface area (Å²) in [5.41, 5.74) is 0.450. The summed E-state index contributed by atoms with van der Waals surface area (Å²) < 4.78 is 17.2. The summed E-state index contributed by atoms with van der Waals surface area (Å²) in [5, 5.41) is 4.95. The van der Waals surface area contributed by atoms with Crippen LogP contribution in [0.15, 0.2) is 49.6 Å². The van der Waals surface area contributed by atoms with E-state index in [4.69, 9.17) is 14.2 Å². The molecule has 0 unspecified atom stereocenters. The maximum absolute atomic E-state index is 14.0. The van der Waals surface area contributed by atoms with Gasteiger partial charge in [-0.05, 0) is 53.3 Å². The number of carbonyl (C=O) groups excluding carboxylic acids is 2. The number of nitrogens with one attached hydrogen (secondary N) is 1. The van der Waals surface area contributed by atoms with E-state index in [1.54, 1.807) is 20.3 Å². The molecule has 0 aliphatic carbocycles. The predicted molar refractivity (Wildman–Crippen MR) is 161 cm³/mol. The number of hydrogen-bond acceptors (Lipinski definition) is 5. The van der Waals surface area contributed by atoms with E-state index in [1.807, 2.05) is 58.6 Å². The number of benzene rings is 2. The average Bonchev–Trinajstić information content (AvgIpc) is 3.26. The topological polar surface area (TPSA) is 77.1 Å². The van der Waals surface area contributed by atoms with Crippen LogP contribution in [0.5, 0.6) is 5.75 Å². The third-order valence-electron chi connectivity index (χ3n) is 7.86. The Balaban J connectivity index is 1.86. The SMILES string of the molecule is C=CCC(C)(C)COC(=O)N[C@H](C(=O)N1C[C@](OC)(c2ccc3cc(OC)c(C=C)cc3c2)C[C@H]1C)C(C)(C)C. The third-order valence-corrected chi connectivity index (χ3v) is 7.86. The first-order valence-corrected chi connectivity index (χ1v) is 13.8. The molecule has 0 bridgehead atoms. The van der Waals surface area contributed by atoms with Crippen molar-refractivity contribution in [2.24, 2.45) is 10.8 Å². The van der Waals surface area contributed by atoms with Crippen molar-refractivity contribution in [2.75, 3.05) is 27.4 Å². The average molecular weight is 551 g/mol. The minimum atomic E-state index is -0.767. The lowest BCUT2D eigenvalue weighted by molar-refractivity contribution is -0.137. The summed E-state index contributed by atoms with van der Waals surface area (Å²) in [6.07, 6.45) is 4.33. The molecule has 2 amide bonds. The van der Waals surface area contributed by atoms with Gasteiger partial charge in [-0.1, -0.05) is 65.5 Å². The first-order valence-electron chi connectivity index (χ1n) is 13.8. The summed E-state index contributed by atoms with van der Waals surface area (Å²) in [6.45, 7) is 20.1. The monoisotopic (exact) mass is 550 g/mol. The predicted octanol–water partition coefficient (Wildman–Crippen LogP) is 6.70. The molecule has 3 rings (SSSR count). The van der Waals surface area contributed by atoms with E-state index in [9.17, 15) is 9.59 Å². The van der Waals surface area contributed by atoms with Gasteiger partial charge in [-0.3, -0.25) is 4.79 Å². The van der Waals surface area contributed by atoms with Gasteiger partial charge >= 0.3 is 6.09 Å². The number of amides is 2. The number of allylic oxidation sites excluding steroid dienone is 1. The number of carbonyl (C=O) groups is 2. The lowest BCUT2D eigenvalue weighted by atomic mass is 9.85. The van der Waals surface area contributed by atoms with Crippen molar-refractivity contribution in [3.8, 4) is 5.75 Å². The maximum atomic E-state index is 14.0. The van der Waals surface area contributed by atoms with Crippen molar-refractivity contribution < 1.29 is 23.8 Å². The Bertz CT molecular complexity index is 1260. The van der Waals surface area contributed by atoms with Crippen LogP contribution in [0.4, 0.5) is 4.79 Å². The van der Waals surface area contributed by atoms with Crippen molar-refractivity contribution in [3.63, 3.8) is 0 Å². The van der Waals surface area contributed by atoms with Crippen molar-refractivity contribution in [1.29, 1.82) is 0 Å². The van der Waals surface area contributed by atoms with Gasteiger partial charge in [-0.15, -0.1) is 6.58 Å². The lowest BCUT2D eigenvalue weighted by Gasteiger charge is -2.35. The Hall–Kier alpha value is -3.32. The zero-order valence-electron chi connectivity index (χ0n) is 25.4. The van der Waals surface area contributed by atoms with Gasteiger partial charge in [-0.2, -0.15) is 0 Å². The Morgan fingerprint density at radius 2 is 1.82 bits per heavy atom. The molecule has 1 saturated heterocycles. The van der Waals surface area contributed by atoms with E-state index in [2.05, 4.69) is 42.7 Å². The maximum Gasteiger partial charge on any atom is 0.407 e. The van der Waals surface area contributed by atoms with E-state index < -0.39 is 23.2 Å². The Labute approximate surface area is 239 Å². The van der Waals surface area contributed by atoms with Crippen LogP contribution in [0, 0.1) is 10.8 Å². The van der Waals surface area contributed by atoms with Gasteiger partial charge in [0, 0.05) is 30.6 Å². The molecule has 7 heteroatoms. The molecule has 2 aromatic carbocycles. The quantitative estimate of drug-likeness (QED) is 0.333. The number of likely N-dealkylation sites (tertiary alicyclic amines) is 1. The fourth-order valence-corrected chi connectivity index (χ4v) is 5.45. The van der Waals surface area contributed by atoms with Crippen LogP contribution in [-0.4, -0.2) is 56.4 Å². The molecule has 218 valence electrons. The van der Waals surface area contributed by atoms with Gasteiger partial charge in [0.15, 0.2) is 0 Å². The van der Waals surface area contributed by atoms with Crippen LogP contribution in [-0.2, 0) is 19.9 Å². The molecule has 1 fully saturated rings. The zero-order valence-corrected chi connectivity index (χ0v) is 25.4. The molecule has 1 heterocycles. The van der Waals surface area contributed by atoms with Gasteiger partial charge in [-0.25, -0.2) is 4.79 Å². The Morgan fingerprint density at radius 3 is 2.40 bits per heavy atom. The number of hydrogen-bond donors (Lipinski definition) is 1. The summed E-state index contributed by atoms with van der Waals surface area (Å²) >= 11 is 0. The molecule has 1 N–H and O–H groups in total. The van der Waals surface area contributed by atoms with Gasteiger partial charge < -0.3 is 24.4 Å². The molecule has 2 aromatic rings. The number of alkyl carbamates (subject to hydrolysis) is 1. The van der Waals surface area contributed by atoms with Crippen LogP contribution < -0.4 is 10.1 Å². The Morgan fingerprint density at radius 1 is 1.12 bits per heavy atom. The summed E-state index contributed by atoms with van der Waals surface area (Å²) in [4.78, 5) is 28.6. The molecule has 40 heavy (non-hydrogen) atoms. The normalized spacial score (nSPS) is 20.2. The highest BCUT2D eigenvalue weighted by Crippen LogP contribution is 2.41. The minimum absolute atomic E-state index is 0.100. The smallest absolute Gasteiger partial charge is 0.407 e. The van der Waals surface area contributed by atoms with Crippen molar-refractivity contribution in [1.82, 2.24) is 10.2 Å². The molecule has 3 atom stereocenters. The van der Waals surface area contributed by atoms with Crippen molar-refractivity contribution >= 4 is 28.8 Å². The second-order valence-corrected chi connectivity index (χ2v) is 12.8. The van der Waals surface area contributed by atoms with Gasteiger partial charge in [0.1, 0.15) is 17.4 Å². The van der Waals surface area contributed by atoms with Crippen LogP contribution >= 0.6 is 0 Å². The summed E-state index contributed by atoms with van der Waals surface area (Å²) in [7, 11) is 3.34. The number of rotatable bonds is 10. The summed E-state index contributed by atoms with van der Waals surface area (Å²) in [6, 6.07) is 9.42. The zero-order chi connectivity index (χ0) is 29.9. The highest BCUT2D eigenvalue weighted by molar-refractivity contribution is 5.89. The van der Waals surface area contributed by atoms with Gasteiger partial charge in [0.2, 0.25) is 5.91 Å². The second-order valence-electron chi connectivity index (χ2n) is 12.8. The molecular weight excluding hydrogens is 504 g/mol. The summed E-state index contributed by atoms with van der Waals surface area (Å²) in [5.74, 6) is 0.618. The minimum Gasteiger partial charge on any atom is -0.496 e. The molecule has 0 saturated carbocycles. The molecule has 1 aliphatic heterocycles. The van der Waals surface area contributed by atoms with Crippen LogP contribution in [0.3, 0.4) is 0 Å². The number of fused-ring (bicyclic) bond motifs is 1. The lowest BCUT2D eigenvalue weighted by Crippen LogP contribution is -2.56. The number of methoxy groups -OCH3 is 2. The fourth-order valence-electron chi connectivity index (χ4n) is 5.45. The number of nitrogens with zero attached hydrogens (tertiary/aromatic N) is 1. The molecule has 0 radical (unpaired) electrons. The largest absolute Gasteiger partial charge is 0.496 e. The molecule has 1 aliphatic rings. The standard InChI is InChI=1S/C33H46N2O5/c1-11-15-32(7,8)21-40-30(37)34-28(31(4,5)6)29(36)35-20-33(39-10,19-22(35)3)26-14-13-24-18-27(38-9)23(12-2)16-25(24)17-26/h11-14,16-18,22,28H,1-2,15,19-21H2,3-10H3,(H,34,37)/t22-,28-,33+/m1/s1. The van der Waals surface area contributed by atoms with Crippen molar-refractivity contribution in [3.05, 3.63) is 60.7 Å². The first kappa shape index (κ1) is 31.2. The molecule has 0 aromatic heterocycles. The van der Waals surface area contributed by atoms with E-state index >= 15 is 0 Å². The molecule has 7 nitrogen and oxygen atoms in total. The van der Waals surface area contributed by atoms with E-state index in [-0.39, 0.29) is 24.0 Å². The number of ether oxygens (including phenoxy) is 3. The Kier molecular flexibility index (Phi) is 9.40. The van der Waals surface area contributed by atoms with E-state index in [1.165, 1.54) is 0 Å². The van der Waals surface area contributed by atoms with E-state index in [0.717, 1.165) is 27.6 Å². The van der Waals surface area contributed by atoms with E-state index in [0.29, 0.717) is 19.4 Å². The second kappa shape index (κ2) is 12.0. The highest BCUT2D eigenvalue weighted by atomic mass is 16.5. The van der Waals surface area contributed by atoms with Crippen LogP contribution in [0.2, 0.25) is 0 Å². The van der Waals surface area contributed by atoms with Crippen LogP contribution in [0.25, 0.3) is 16.8 Å². The fraction of sp³-hybridized carbons (Fsp3) is 0.515. The third kappa shape index (κ3) is 6.69. The van der Waals surface area contributed by atoms with Crippen LogP contribution in [0.1, 0.15) is 65.5 Å². The van der Waals surface area contributed by atoms with Gasteiger partial charge in [0.05, 0.1) is 20.3 Å². The molecular formula is C33H46N2O5. The first-order chi connectivity index (χ1) is 18.7. The highest BCUT2D eigenvalue weighted by Gasteiger charge is 2.48. The van der Waals surface area contributed by atoms with Gasteiger partial charge in [0.25, 0.3) is 0 Å². The molecule has 0 spiro atoms.